The largest absolute Gasteiger partial charge is 0.382 e. The van der Waals surface area contributed by atoms with Crippen molar-refractivity contribution in [3.63, 3.8) is 0 Å². The quantitative estimate of drug-likeness (QED) is 0.668. The summed E-state index contributed by atoms with van der Waals surface area (Å²) < 4.78 is 1.80. The number of nitrogens with zero attached hydrogens (tertiary/aromatic N) is 3. The lowest BCUT2D eigenvalue weighted by molar-refractivity contribution is 0.391. The maximum absolute atomic E-state index is 6.04. The monoisotopic (exact) mass is 350 g/mol. The Balaban J connectivity index is 1.70. The van der Waals surface area contributed by atoms with Gasteiger partial charge < -0.3 is 16.8 Å². The van der Waals surface area contributed by atoms with Gasteiger partial charge in [-0.15, -0.1) is 5.10 Å². The molecular weight excluding hydrogens is 324 g/mol. The van der Waals surface area contributed by atoms with Crippen LogP contribution in [0.5, 0.6) is 0 Å². The first-order valence-electron chi connectivity index (χ1n) is 9.40. The molecule has 0 spiro atoms. The molecule has 0 radical (unpaired) electrons. The van der Waals surface area contributed by atoms with Crippen LogP contribution in [0.3, 0.4) is 0 Å². The summed E-state index contributed by atoms with van der Waals surface area (Å²) in [6.45, 7) is 2.15. The molecule has 2 heterocycles. The number of fused-ring (bicyclic) bond motifs is 1. The van der Waals surface area contributed by atoms with Crippen LogP contribution in [-0.2, 0) is 6.42 Å². The van der Waals surface area contributed by atoms with Crippen LogP contribution in [0, 0.1) is 0 Å². The van der Waals surface area contributed by atoms with Gasteiger partial charge in [-0.2, -0.15) is 0 Å². The Bertz CT molecular complexity index is 908. The number of aryl methyl sites for hydroxylation is 1. The molecule has 1 fully saturated rings. The molecule has 0 aliphatic heterocycles. The fraction of sp³-hybridized carbons (Fsp3) is 0.400. The van der Waals surface area contributed by atoms with Gasteiger partial charge in [-0.1, -0.05) is 25.1 Å². The lowest BCUT2D eigenvalue weighted by Crippen LogP contribution is -2.25. The molecule has 6 nitrogen and oxygen atoms in total. The third-order valence-corrected chi connectivity index (χ3v) is 5.32. The smallest absolute Gasteiger partial charge is 0.177 e. The Morgan fingerprint density at radius 1 is 1.15 bits per heavy atom. The second-order valence-corrected chi connectivity index (χ2v) is 7.16. The minimum absolute atomic E-state index is 0.333. The molecule has 0 unspecified atom stereocenters. The minimum Gasteiger partial charge on any atom is -0.382 e. The number of nitrogens with two attached hydrogens (primary N) is 2. The summed E-state index contributed by atoms with van der Waals surface area (Å²) in [5, 5.41) is 7.93. The first-order chi connectivity index (χ1) is 12.6. The summed E-state index contributed by atoms with van der Waals surface area (Å²) in [6, 6.07) is 10.5. The molecule has 2 aromatic heterocycles. The molecule has 1 aliphatic carbocycles. The van der Waals surface area contributed by atoms with Crippen molar-refractivity contribution >= 4 is 22.8 Å². The molecule has 26 heavy (non-hydrogen) atoms. The van der Waals surface area contributed by atoms with Crippen LogP contribution in [0.15, 0.2) is 36.5 Å². The van der Waals surface area contributed by atoms with E-state index in [0.717, 1.165) is 54.8 Å². The number of nitrogens with one attached hydrogen (secondary N) is 1. The van der Waals surface area contributed by atoms with Crippen molar-refractivity contribution in [2.45, 2.75) is 51.0 Å². The molecule has 1 saturated carbocycles. The van der Waals surface area contributed by atoms with E-state index in [1.54, 1.807) is 4.52 Å². The van der Waals surface area contributed by atoms with Gasteiger partial charge in [0.05, 0.1) is 17.6 Å². The van der Waals surface area contributed by atoms with E-state index in [0.29, 0.717) is 17.8 Å². The van der Waals surface area contributed by atoms with Crippen molar-refractivity contribution in [2.24, 2.45) is 5.73 Å². The molecule has 4 rings (SSSR count). The molecule has 1 aromatic carbocycles. The maximum atomic E-state index is 6.04. The molecule has 5 N–H and O–H groups in total. The fourth-order valence-corrected chi connectivity index (χ4v) is 3.81. The zero-order valence-corrected chi connectivity index (χ0v) is 15.2. The van der Waals surface area contributed by atoms with Crippen molar-refractivity contribution in [1.29, 1.82) is 0 Å². The van der Waals surface area contributed by atoms with Gasteiger partial charge in [-0.25, -0.2) is 9.50 Å². The van der Waals surface area contributed by atoms with E-state index in [1.165, 1.54) is 5.56 Å². The molecule has 136 valence electrons. The Kier molecular flexibility index (Phi) is 4.51. The van der Waals surface area contributed by atoms with Crippen LogP contribution in [0.2, 0.25) is 0 Å². The summed E-state index contributed by atoms with van der Waals surface area (Å²) in [7, 11) is 0. The van der Waals surface area contributed by atoms with E-state index in [1.807, 2.05) is 18.3 Å². The van der Waals surface area contributed by atoms with Crippen molar-refractivity contribution in [3.8, 4) is 0 Å². The molecule has 0 bridgehead atoms. The number of imidazole rings is 1. The van der Waals surface area contributed by atoms with Gasteiger partial charge >= 0.3 is 0 Å². The first-order valence-corrected chi connectivity index (χ1v) is 9.40. The molecule has 0 atom stereocenters. The summed E-state index contributed by atoms with van der Waals surface area (Å²) >= 11 is 0. The van der Waals surface area contributed by atoms with Crippen LogP contribution < -0.4 is 16.8 Å². The molecule has 0 amide bonds. The molecular formula is C20H26N6. The molecule has 1 aliphatic rings. The third kappa shape index (κ3) is 3.24. The molecule has 0 saturated heterocycles. The normalized spacial score (nSPS) is 20.4. The highest BCUT2D eigenvalue weighted by Crippen LogP contribution is 2.33. The Labute approximate surface area is 153 Å². The topological polar surface area (TPSA) is 94.3 Å². The highest BCUT2D eigenvalue weighted by Gasteiger charge is 2.23. The number of nitrogen functional groups attached to an aromatic ring is 1. The van der Waals surface area contributed by atoms with Crippen molar-refractivity contribution < 1.29 is 0 Å². The third-order valence-electron chi connectivity index (χ3n) is 5.32. The maximum Gasteiger partial charge on any atom is 0.177 e. The van der Waals surface area contributed by atoms with E-state index in [-0.39, 0.29) is 0 Å². The van der Waals surface area contributed by atoms with Crippen LogP contribution >= 0.6 is 0 Å². The second kappa shape index (κ2) is 6.96. The predicted octanol–water partition coefficient (Wildman–Crippen LogP) is 3.60. The van der Waals surface area contributed by atoms with Crippen LogP contribution in [0.1, 0.15) is 49.8 Å². The first kappa shape index (κ1) is 16.8. The van der Waals surface area contributed by atoms with Gasteiger partial charge in [0.2, 0.25) is 0 Å². The zero-order chi connectivity index (χ0) is 18.1. The zero-order valence-electron chi connectivity index (χ0n) is 15.2. The average molecular weight is 350 g/mol. The number of benzene rings is 1. The standard InChI is InChI=1S/C20H26N6/c1-2-13-5-3-4-6-16(13)23-17-11-19(22)25-26-12-18(24-20(17)26)14-7-9-15(21)10-8-14/h3-6,11-12,14-15,23H,2,7-10,21H2,1H3,(H2,22,25). The van der Waals surface area contributed by atoms with Gasteiger partial charge in [0, 0.05) is 23.7 Å². The lowest BCUT2D eigenvalue weighted by atomic mass is 9.85. The lowest BCUT2D eigenvalue weighted by Gasteiger charge is -2.24. The van der Waals surface area contributed by atoms with E-state index >= 15 is 0 Å². The van der Waals surface area contributed by atoms with Gasteiger partial charge in [-0.05, 0) is 43.7 Å². The van der Waals surface area contributed by atoms with E-state index < -0.39 is 0 Å². The van der Waals surface area contributed by atoms with Crippen LogP contribution in [0.4, 0.5) is 17.2 Å². The number of para-hydroxylation sites is 1. The average Bonchev–Trinajstić information content (AvgIpc) is 3.07. The van der Waals surface area contributed by atoms with Gasteiger partial charge in [-0.3, -0.25) is 0 Å². The van der Waals surface area contributed by atoms with E-state index in [9.17, 15) is 0 Å². The summed E-state index contributed by atoms with van der Waals surface area (Å²) in [5.41, 5.74) is 17.2. The highest BCUT2D eigenvalue weighted by molar-refractivity contribution is 5.76. The minimum atomic E-state index is 0.333. The van der Waals surface area contributed by atoms with Crippen LogP contribution in [-0.4, -0.2) is 20.6 Å². The van der Waals surface area contributed by atoms with Gasteiger partial charge in [0.1, 0.15) is 5.82 Å². The van der Waals surface area contributed by atoms with Gasteiger partial charge in [0.15, 0.2) is 5.65 Å². The molecule has 6 heteroatoms. The number of hydrogen-bond donors (Lipinski definition) is 3. The Morgan fingerprint density at radius 3 is 2.69 bits per heavy atom. The fourth-order valence-electron chi connectivity index (χ4n) is 3.81. The number of rotatable bonds is 4. The number of hydrogen-bond acceptors (Lipinski definition) is 5. The summed E-state index contributed by atoms with van der Waals surface area (Å²) in [5.74, 6) is 0.928. The Hall–Kier alpha value is -2.60. The van der Waals surface area contributed by atoms with E-state index in [2.05, 4.69) is 35.5 Å². The van der Waals surface area contributed by atoms with Crippen molar-refractivity contribution in [2.75, 3.05) is 11.1 Å². The predicted molar refractivity (Wildman–Crippen MR) is 106 cm³/mol. The van der Waals surface area contributed by atoms with Crippen molar-refractivity contribution in [3.05, 3.63) is 47.8 Å². The SMILES string of the molecule is CCc1ccccc1Nc1cc(N)nn2cc(C3CCC(N)CC3)nc12. The second-order valence-electron chi connectivity index (χ2n) is 7.16. The number of aromatic nitrogens is 3. The Morgan fingerprint density at radius 2 is 1.92 bits per heavy atom. The molecule has 3 aromatic rings. The van der Waals surface area contributed by atoms with Crippen LogP contribution in [0.25, 0.3) is 5.65 Å². The summed E-state index contributed by atoms with van der Waals surface area (Å²) in [6.07, 6.45) is 7.27. The highest BCUT2D eigenvalue weighted by atomic mass is 15.3. The summed E-state index contributed by atoms with van der Waals surface area (Å²) in [4.78, 5) is 4.90. The van der Waals surface area contributed by atoms with Crippen molar-refractivity contribution in [1.82, 2.24) is 14.6 Å². The van der Waals surface area contributed by atoms with E-state index in [4.69, 9.17) is 16.5 Å². The van der Waals surface area contributed by atoms with Gasteiger partial charge in [0.25, 0.3) is 0 Å². The number of anilines is 3.